The normalized spacial score (nSPS) is 14.9. The van der Waals surface area contributed by atoms with Crippen LogP contribution in [0, 0.1) is 13.8 Å². The summed E-state index contributed by atoms with van der Waals surface area (Å²) in [6, 6.07) is 10.1. The Hall–Kier alpha value is -2.91. The van der Waals surface area contributed by atoms with Gasteiger partial charge in [-0.1, -0.05) is 6.07 Å². The van der Waals surface area contributed by atoms with Crippen molar-refractivity contribution in [1.29, 1.82) is 0 Å². The Labute approximate surface area is 180 Å². The summed E-state index contributed by atoms with van der Waals surface area (Å²) in [4.78, 5) is 24.8. The topological polar surface area (TPSA) is 102 Å². The minimum absolute atomic E-state index is 0.0787. The largest absolute Gasteiger partial charge is 0.419 e. The standard InChI is InChI=1S/C22H25N3O5S/c1-15-5-6-17(13-16(15)2)23-21(26)9-12-25-19-8-7-18(14-20(19)30-22(25)27)31(28,29)24-10-3-4-11-24/h5-8,13-14H,3-4,9-12H2,1-2H3,(H,23,26). The van der Waals surface area contributed by atoms with Crippen LogP contribution in [0.3, 0.4) is 0 Å². The number of aromatic nitrogens is 1. The van der Waals surface area contributed by atoms with Crippen molar-refractivity contribution in [3.05, 3.63) is 58.1 Å². The van der Waals surface area contributed by atoms with Crippen molar-refractivity contribution in [1.82, 2.24) is 8.87 Å². The number of sulfonamides is 1. The lowest BCUT2D eigenvalue weighted by molar-refractivity contribution is -0.116. The maximum absolute atomic E-state index is 12.7. The van der Waals surface area contributed by atoms with Crippen molar-refractivity contribution in [2.75, 3.05) is 18.4 Å². The number of carbonyl (C=O) groups is 1. The van der Waals surface area contributed by atoms with Gasteiger partial charge in [0.05, 0.1) is 10.4 Å². The second-order valence-corrected chi connectivity index (χ2v) is 9.80. The predicted molar refractivity (Wildman–Crippen MR) is 118 cm³/mol. The Balaban J connectivity index is 1.50. The van der Waals surface area contributed by atoms with Gasteiger partial charge in [0, 0.05) is 37.8 Å². The molecule has 31 heavy (non-hydrogen) atoms. The number of carbonyl (C=O) groups excluding carboxylic acids is 1. The summed E-state index contributed by atoms with van der Waals surface area (Å²) in [7, 11) is -3.60. The molecule has 0 saturated carbocycles. The molecule has 4 rings (SSSR count). The maximum atomic E-state index is 12.7. The van der Waals surface area contributed by atoms with Crippen LogP contribution in [-0.2, 0) is 21.4 Å². The number of oxazole rings is 1. The summed E-state index contributed by atoms with van der Waals surface area (Å²) in [5.74, 6) is -0.845. The molecule has 0 unspecified atom stereocenters. The van der Waals surface area contributed by atoms with Gasteiger partial charge in [0.2, 0.25) is 15.9 Å². The minimum Gasteiger partial charge on any atom is -0.408 e. The molecule has 0 atom stereocenters. The lowest BCUT2D eigenvalue weighted by Crippen LogP contribution is -2.27. The Bertz CT molecular complexity index is 1300. The Morgan fingerprint density at radius 3 is 2.52 bits per heavy atom. The highest BCUT2D eigenvalue weighted by Gasteiger charge is 2.28. The van der Waals surface area contributed by atoms with E-state index in [0.717, 1.165) is 24.0 Å². The summed E-state index contributed by atoms with van der Waals surface area (Å²) in [6.07, 6.45) is 1.77. The summed E-state index contributed by atoms with van der Waals surface area (Å²) in [5, 5.41) is 2.83. The summed E-state index contributed by atoms with van der Waals surface area (Å²) in [5.41, 5.74) is 3.58. The number of nitrogens with one attached hydrogen (secondary N) is 1. The maximum Gasteiger partial charge on any atom is 0.419 e. The summed E-state index contributed by atoms with van der Waals surface area (Å²) < 4.78 is 33.6. The molecule has 1 aromatic heterocycles. The van der Waals surface area contributed by atoms with E-state index in [2.05, 4.69) is 5.32 Å². The lowest BCUT2D eigenvalue weighted by Gasteiger charge is -2.15. The highest BCUT2D eigenvalue weighted by molar-refractivity contribution is 7.89. The molecule has 1 aliphatic rings. The number of rotatable bonds is 6. The van der Waals surface area contributed by atoms with Crippen molar-refractivity contribution >= 4 is 32.7 Å². The second-order valence-electron chi connectivity index (χ2n) is 7.86. The van der Waals surface area contributed by atoms with Crippen molar-refractivity contribution in [3.63, 3.8) is 0 Å². The van der Waals surface area contributed by atoms with Gasteiger partial charge in [-0.05, 0) is 62.1 Å². The highest BCUT2D eigenvalue weighted by Crippen LogP contribution is 2.24. The van der Waals surface area contributed by atoms with Crippen LogP contribution in [-0.4, -0.2) is 36.3 Å². The number of nitrogens with zero attached hydrogens (tertiary/aromatic N) is 2. The SMILES string of the molecule is Cc1ccc(NC(=O)CCn2c(=O)oc3cc(S(=O)(=O)N4CCCC4)ccc32)cc1C. The first-order valence-corrected chi connectivity index (χ1v) is 11.7. The van der Waals surface area contributed by atoms with Crippen LogP contribution in [0.2, 0.25) is 0 Å². The van der Waals surface area contributed by atoms with Crippen molar-refractivity contribution in [3.8, 4) is 0 Å². The van der Waals surface area contributed by atoms with Gasteiger partial charge in [-0.3, -0.25) is 9.36 Å². The van der Waals surface area contributed by atoms with E-state index in [1.165, 1.54) is 21.0 Å². The Morgan fingerprint density at radius 1 is 1.06 bits per heavy atom. The highest BCUT2D eigenvalue weighted by atomic mass is 32.2. The third-order valence-electron chi connectivity index (χ3n) is 5.70. The van der Waals surface area contributed by atoms with Gasteiger partial charge >= 0.3 is 5.76 Å². The van der Waals surface area contributed by atoms with Crippen molar-refractivity contribution in [2.45, 2.75) is 44.6 Å². The van der Waals surface area contributed by atoms with Crippen LogP contribution in [0.25, 0.3) is 11.1 Å². The molecule has 0 bridgehead atoms. The van der Waals surface area contributed by atoms with Crippen LogP contribution >= 0.6 is 0 Å². The first-order chi connectivity index (χ1) is 14.8. The Kier molecular flexibility index (Phi) is 5.72. The number of anilines is 1. The van der Waals surface area contributed by atoms with Gasteiger partial charge in [0.25, 0.3) is 0 Å². The van der Waals surface area contributed by atoms with Crippen LogP contribution in [0.5, 0.6) is 0 Å². The average molecular weight is 444 g/mol. The number of benzene rings is 2. The third kappa shape index (κ3) is 4.28. The van der Waals surface area contributed by atoms with Crippen LogP contribution in [0.4, 0.5) is 5.69 Å². The number of aryl methyl sites for hydroxylation is 3. The van der Waals surface area contributed by atoms with Crippen molar-refractivity contribution in [2.24, 2.45) is 0 Å². The van der Waals surface area contributed by atoms with Crippen molar-refractivity contribution < 1.29 is 17.6 Å². The van der Waals surface area contributed by atoms with Crippen LogP contribution in [0.1, 0.15) is 30.4 Å². The quantitative estimate of drug-likeness (QED) is 0.631. The minimum atomic E-state index is -3.60. The Morgan fingerprint density at radius 2 is 1.81 bits per heavy atom. The molecule has 1 fully saturated rings. The average Bonchev–Trinajstić information content (AvgIpc) is 3.37. The zero-order valence-electron chi connectivity index (χ0n) is 17.6. The lowest BCUT2D eigenvalue weighted by atomic mass is 10.1. The fourth-order valence-corrected chi connectivity index (χ4v) is 5.29. The molecular formula is C22H25N3O5S. The number of hydrogen-bond donors (Lipinski definition) is 1. The summed E-state index contributed by atoms with van der Waals surface area (Å²) >= 11 is 0. The van der Waals surface area contributed by atoms with E-state index in [0.29, 0.717) is 24.3 Å². The molecule has 2 aromatic carbocycles. The van der Waals surface area contributed by atoms with E-state index in [9.17, 15) is 18.0 Å². The monoisotopic (exact) mass is 443 g/mol. The molecule has 3 aromatic rings. The molecule has 1 amide bonds. The van der Waals surface area contributed by atoms with E-state index < -0.39 is 15.8 Å². The fourth-order valence-electron chi connectivity index (χ4n) is 3.75. The fraction of sp³-hybridized carbons (Fsp3) is 0.364. The molecule has 2 heterocycles. The molecule has 0 radical (unpaired) electrons. The predicted octanol–water partition coefficient (Wildman–Crippen LogP) is 3.02. The van der Waals surface area contributed by atoms with Crippen LogP contribution < -0.4 is 11.1 Å². The van der Waals surface area contributed by atoms with Gasteiger partial charge in [0.15, 0.2) is 5.58 Å². The molecule has 8 nitrogen and oxygen atoms in total. The first-order valence-electron chi connectivity index (χ1n) is 10.3. The molecule has 164 valence electrons. The smallest absolute Gasteiger partial charge is 0.408 e. The number of fused-ring (bicyclic) bond motifs is 1. The van der Waals surface area contributed by atoms with E-state index in [1.807, 2.05) is 32.0 Å². The zero-order valence-corrected chi connectivity index (χ0v) is 18.4. The van der Waals surface area contributed by atoms with Gasteiger partial charge in [-0.25, -0.2) is 13.2 Å². The third-order valence-corrected chi connectivity index (χ3v) is 7.59. The zero-order chi connectivity index (χ0) is 22.2. The van der Waals surface area contributed by atoms with Gasteiger partial charge in [-0.2, -0.15) is 4.31 Å². The van der Waals surface area contributed by atoms with Gasteiger partial charge in [0.1, 0.15) is 0 Å². The van der Waals surface area contributed by atoms with Gasteiger partial charge < -0.3 is 9.73 Å². The molecule has 0 aliphatic carbocycles. The van der Waals surface area contributed by atoms with E-state index in [1.54, 1.807) is 6.07 Å². The second kappa shape index (κ2) is 8.32. The first kappa shape index (κ1) is 21.3. The number of amides is 1. The van der Waals surface area contributed by atoms with Crippen LogP contribution in [0.15, 0.2) is 50.5 Å². The van der Waals surface area contributed by atoms with E-state index in [4.69, 9.17) is 4.42 Å². The molecular weight excluding hydrogens is 418 g/mol. The summed E-state index contributed by atoms with van der Waals surface area (Å²) in [6.45, 7) is 5.10. The van der Waals surface area contributed by atoms with E-state index >= 15 is 0 Å². The van der Waals surface area contributed by atoms with E-state index in [-0.39, 0.29) is 29.4 Å². The molecule has 1 aliphatic heterocycles. The molecule has 1 saturated heterocycles. The number of hydrogen-bond acceptors (Lipinski definition) is 5. The van der Waals surface area contributed by atoms with Gasteiger partial charge in [-0.15, -0.1) is 0 Å². The molecule has 9 heteroatoms. The molecule has 0 spiro atoms. The molecule has 1 N–H and O–H groups in total.